The molecule has 0 bridgehead atoms. The predicted molar refractivity (Wildman–Crippen MR) is 116 cm³/mol. The number of hydrogen-bond acceptors (Lipinski definition) is 2. The zero-order chi connectivity index (χ0) is 17.5. The minimum atomic E-state index is 0. The van der Waals surface area contributed by atoms with Crippen LogP contribution >= 0.6 is 35.6 Å². The number of nitrogens with zero attached hydrogens (tertiary/aromatic N) is 3. The topological polar surface area (TPSA) is 54.2 Å². The van der Waals surface area contributed by atoms with Gasteiger partial charge in [-0.3, -0.25) is 9.67 Å². The fraction of sp³-hybridized carbons (Fsp3) is 0.444. The molecule has 0 fully saturated rings. The zero-order valence-corrected chi connectivity index (χ0v) is 18.4. The molecule has 2 rings (SSSR count). The van der Waals surface area contributed by atoms with Crippen LogP contribution < -0.4 is 10.6 Å². The van der Waals surface area contributed by atoms with Crippen LogP contribution in [-0.2, 0) is 20.0 Å². The lowest BCUT2D eigenvalue weighted by atomic mass is 10.1. The molecule has 138 valence electrons. The lowest BCUT2D eigenvalue weighted by Crippen LogP contribution is -2.37. The Morgan fingerprint density at radius 1 is 1.20 bits per heavy atom. The van der Waals surface area contributed by atoms with Gasteiger partial charge >= 0.3 is 0 Å². The first kappa shape index (κ1) is 21.8. The molecule has 0 aliphatic carbocycles. The Balaban J connectivity index is 0.00000312. The van der Waals surface area contributed by atoms with Crippen molar-refractivity contribution >= 4 is 41.5 Å². The zero-order valence-electron chi connectivity index (χ0n) is 15.3. The van der Waals surface area contributed by atoms with E-state index in [1.807, 2.05) is 30.8 Å². The number of aryl methyl sites for hydroxylation is 3. The molecule has 0 aliphatic rings. The van der Waals surface area contributed by atoms with Crippen molar-refractivity contribution in [3.05, 3.63) is 51.8 Å². The molecule has 0 unspecified atom stereocenters. The Morgan fingerprint density at radius 2 is 1.88 bits per heavy atom. The average molecular weight is 476 g/mol. The molecule has 1 aromatic carbocycles. The van der Waals surface area contributed by atoms with E-state index in [0.29, 0.717) is 0 Å². The summed E-state index contributed by atoms with van der Waals surface area (Å²) in [6, 6.07) is 8.01. The van der Waals surface area contributed by atoms with Gasteiger partial charge in [0.25, 0.3) is 0 Å². The van der Waals surface area contributed by atoms with E-state index in [0.717, 1.165) is 42.6 Å². The summed E-state index contributed by atoms with van der Waals surface area (Å²) in [7, 11) is 3.76. The van der Waals surface area contributed by atoms with Gasteiger partial charge in [-0.25, -0.2) is 0 Å². The Bertz CT molecular complexity index is 694. The molecule has 2 aromatic rings. The summed E-state index contributed by atoms with van der Waals surface area (Å²) in [5.74, 6) is 0.814. The number of guanidine groups is 1. The van der Waals surface area contributed by atoms with Crippen LogP contribution in [0.1, 0.15) is 28.9 Å². The fourth-order valence-electron chi connectivity index (χ4n) is 2.62. The van der Waals surface area contributed by atoms with Crippen molar-refractivity contribution in [1.82, 2.24) is 20.4 Å². The number of hydrogen-bond donors (Lipinski definition) is 2. The van der Waals surface area contributed by atoms with Crippen molar-refractivity contribution in [3.63, 3.8) is 0 Å². The van der Waals surface area contributed by atoms with E-state index >= 15 is 0 Å². The molecule has 0 saturated heterocycles. The number of aromatic nitrogens is 2. The highest BCUT2D eigenvalue weighted by Gasteiger charge is 2.09. The molecule has 25 heavy (non-hydrogen) atoms. The van der Waals surface area contributed by atoms with Crippen LogP contribution in [-0.4, -0.2) is 29.3 Å². The van der Waals surface area contributed by atoms with Gasteiger partial charge in [0.2, 0.25) is 0 Å². The second-order valence-corrected chi connectivity index (χ2v) is 6.29. The van der Waals surface area contributed by atoms with E-state index in [2.05, 4.69) is 39.8 Å². The van der Waals surface area contributed by atoms with Gasteiger partial charge in [-0.2, -0.15) is 5.10 Å². The van der Waals surface area contributed by atoms with Gasteiger partial charge < -0.3 is 10.6 Å². The van der Waals surface area contributed by atoms with Crippen LogP contribution in [0.3, 0.4) is 0 Å². The van der Waals surface area contributed by atoms with E-state index in [9.17, 15) is 0 Å². The van der Waals surface area contributed by atoms with E-state index in [1.54, 1.807) is 7.05 Å². The van der Waals surface area contributed by atoms with Crippen LogP contribution in [0.15, 0.2) is 29.3 Å². The molecule has 0 aliphatic heterocycles. The molecule has 0 amide bonds. The SMILES string of the molecule is CN=C(NCCCc1ccc(Cl)cc1)NCc1c(C)nn(C)c1C.I. The summed E-state index contributed by atoms with van der Waals surface area (Å²) >= 11 is 5.90. The third-order valence-corrected chi connectivity index (χ3v) is 4.42. The van der Waals surface area contributed by atoms with Crippen molar-refractivity contribution in [2.45, 2.75) is 33.2 Å². The molecular formula is C18H27ClIN5. The third kappa shape index (κ3) is 6.51. The first-order valence-corrected chi connectivity index (χ1v) is 8.57. The largest absolute Gasteiger partial charge is 0.356 e. The van der Waals surface area contributed by atoms with Gasteiger partial charge in [-0.1, -0.05) is 23.7 Å². The minimum absolute atomic E-state index is 0. The highest BCUT2D eigenvalue weighted by atomic mass is 127. The summed E-state index contributed by atoms with van der Waals surface area (Å²) in [4.78, 5) is 4.28. The summed E-state index contributed by atoms with van der Waals surface area (Å²) < 4.78 is 1.91. The van der Waals surface area contributed by atoms with Crippen molar-refractivity contribution in [2.24, 2.45) is 12.0 Å². The van der Waals surface area contributed by atoms with Crippen LogP contribution in [0.2, 0.25) is 5.02 Å². The van der Waals surface area contributed by atoms with Crippen LogP contribution in [0.25, 0.3) is 0 Å². The first-order valence-electron chi connectivity index (χ1n) is 8.19. The van der Waals surface area contributed by atoms with E-state index in [-0.39, 0.29) is 24.0 Å². The molecule has 5 nitrogen and oxygen atoms in total. The molecule has 0 spiro atoms. The lowest BCUT2D eigenvalue weighted by Gasteiger charge is -2.12. The maximum absolute atomic E-state index is 5.90. The highest BCUT2D eigenvalue weighted by Crippen LogP contribution is 2.11. The summed E-state index contributed by atoms with van der Waals surface area (Å²) in [6.45, 7) is 5.71. The Kier molecular flexibility index (Phi) is 9.27. The minimum Gasteiger partial charge on any atom is -0.356 e. The van der Waals surface area contributed by atoms with Crippen molar-refractivity contribution in [1.29, 1.82) is 0 Å². The van der Waals surface area contributed by atoms with Crippen molar-refractivity contribution in [2.75, 3.05) is 13.6 Å². The summed E-state index contributed by atoms with van der Waals surface area (Å²) in [5, 5.41) is 11.9. The van der Waals surface area contributed by atoms with Gasteiger partial charge in [0, 0.05) is 43.5 Å². The predicted octanol–water partition coefficient (Wildman–Crippen LogP) is 3.61. The lowest BCUT2D eigenvalue weighted by molar-refractivity contribution is 0.726. The maximum atomic E-state index is 5.90. The number of aliphatic imine (C=N–C) groups is 1. The highest BCUT2D eigenvalue weighted by molar-refractivity contribution is 14.0. The van der Waals surface area contributed by atoms with Crippen LogP contribution in [0.5, 0.6) is 0 Å². The quantitative estimate of drug-likeness (QED) is 0.290. The molecule has 0 saturated carbocycles. The molecule has 2 N–H and O–H groups in total. The smallest absolute Gasteiger partial charge is 0.191 e. The Hall–Kier alpha value is -1.28. The van der Waals surface area contributed by atoms with Crippen molar-refractivity contribution < 1.29 is 0 Å². The molecular weight excluding hydrogens is 449 g/mol. The molecule has 1 aromatic heterocycles. The molecule has 0 atom stereocenters. The molecule has 7 heteroatoms. The number of halogens is 2. The molecule has 1 heterocycles. The number of benzene rings is 1. The first-order chi connectivity index (χ1) is 11.5. The summed E-state index contributed by atoms with van der Waals surface area (Å²) in [5.41, 5.74) is 4.76. The fourth-order valence-corrected chi connectivity index (χ4v) is 2.74. The van der Waals surface area contributed by atoms with E-state index in [1.165, 1.54) is 16.8 Å². The third-order valence-electron chi connectivity index (χ3n) is 4.16. The van der Waals surface area contributed by atoms with Gasteiger partial charge in [0.1, 0.15) is 0 Å². The number of rotatable bonds is 6. The Labute approximate surface area is 172 Å². The second kappa shape index (κ2) is 10.7. The van der Waals surface area contributed by atoms with Crippen LogP contribution in [0.4, 0.5) is 0 Å². The monoisotopic (exact) mass is 475 g/mol. The summed E-state index contributed by atoms with van der Waals surface area (Å²) in [6.07, 6.45) is 2.05. The van der Waals surface area contributed by atoms with Crippen LogP contribution in [0, 0.1) is 13.8 Å². The van der Waals surface area contributed by atoms with E-state index in [4.69, 9.17) is 11.6 Å². The average Bonchev–Trinajstić information content (AvgIpc) is 2.81. The van der Waals surface area contributed by atoms with E-state index < -0.39 is 0 Å². The van der Waals surface area contributed by atoms with Crippen molar-refractivity contribution in [3.8, 4) is 0 Å². The van der Waals surface area contributed by atoms with Gasteiger partial charge in [-0.05, 0) is 44.4 Å². The second-order valence-electron chi connectivity index (χ2n) is 5.86. The standard InChI is InChI=1S/C18H26ClN5.HI/c1-13-17(14(2)24(4)23-13)12-22-18(20-3)21-11-5-6-15-7-9-16(19)10-8-15;/h7-10H,5-6,11-12H2,1-4H3,(H2,20,21,22);1H. The molecule has 0 radical (unpaired) electrons. The number of nitrogens with one attached hydrogen (secondary N) is 2. The van der Waals surface area contributed by atoms with Gasteiger partial charge in [0.15, 0.2) is 5.96 Å². The van der Waals surface area contributed by atoms with Gasteiger partial charge in [-0.15, -0.1) is 24.0 Å². The maximum Gasteiger partial charge on any atom is 0.191 e. The Morgan fingerprint density at radius 3 is 2.44 bits per heavy atom. The van der Waals surface area contributed by atoms with Gasteiger partial charge in [0.05, 0.1) is 5.69 Å². The normalized spacial score (nSPS) is 11.2.